The number of thioether (sulfide) groups is 1. The standard InChI is InChI=1S/C28H33Cl2N3O6S/c1-27(2,3)39-26(37)33-21(15-40-28(33,4)5)23(34)32-20(25(36)38-6)14-16-10-12-17(13-11-16)31-24(35)22-18(29)8-7-9-19(22)30/h7-13,20-21H,14-15H2,1-6H3,(H,31,35)(H,32,34)/t20-,21+/m0/s1. The highest BCUT2D eigenvalue weighted by Gasteiger charge is 2.48. The van der Waals surface area contributed by atoms with Gasteiger partial charge in [0.25, 0.3) is 5.91 Å². The van der Waals surface area contributed by atoms with Gasteiger partial charge in [-0.15, -0.1) is 11.8 Å². The highest BCUT2D eigenvalue weighted by atomic mass is 35.5. The minimum atomic E-state index is -1.01. The summed E-state index contributed by atoms with van der Waals surface area (Å²) in [7, 11) is 1.24. The fourth-order valence-corrected chi connectivity index (χ4v) is 5.90. The average Bonchev–Trinajstić information content (AvgIpc) is 3.18. The molecular weight excluding hydrogens is 577 g/mol. The van der Waals surface area contributed by atoms with Gasteiger partial charge in [0.05, 0.1) is 27.6 Å². The number of nitrogens with zero attached hydrogens (tertiary/aromatic N) is 1. The molecule has 40 heavy (non-hydrogen) atoms. The Balaban J connectivity index is 1.71. The van der Waals surface area contributed by atoms with E-state index in [0.29, 0.717) is 17.0 Å². The normalized spacial score (nSPS) is 17.1. The Hall–Kier alpha value is -2.95. The van der Waals surface area contributed by atoms with E-state index in [1.807, 2.05) is 13.8 Å². The number of benzene rings is 2. The van der Waals surface area contributed by atoms with E-state index >= 15 is 0 Å². The summed E-state index contributed by atoms with van der Waals surface area (Å²) in [4.78, 5) is 52.3. The lowest BCUT2D eigenvalue weighted by molar-refractivity contribution is -0.145. The van der Waals surface area contributed by atoms with Crippen LogP contribution >= 0.6 is 35.0 Å². The summed E-state index contributed by atoms with van der Waals surface area (Å²) in [6.07, 6.45) is -0.480. The molecule has 2 aromatic carbocycles. The van der Waals surface area contributed by atoms with Gasteiger partial charge in [0.2, 0.25) is 5.91 Å². The first-order valence-corrected chi connectivity index (χ1v) is 14.3. The molecule has 3 amide bonds. The molecule has 0 saturated carbocycles. The van der Waals surface area contributed by atoms with Crippen molar-refractivity contribution in [3.05, 3.63) is 63.6 Å². The van der Waals surface area contributed by atoms with Gasteiger partial charge in [-0.25, -0.2) is 9.59 Å². The SMILES string of the molecule is COC(=O)[C@H](Cc1ccc(NC(=O)c2c(Cl)cccc2Cl)cc1)NC(=O)[C@H]1CSC(C)(C)N1C(=O)OC(C)(C)C. The van der Waals surface area contributed by atoms with Crippen LogP contribution in [0.3, 0.4) is 0 Å². The van der Waals surface area contributed by atoms with Crippen LogP contribution in [0.4, 0.5) is 10.5 Å². The molecule has 1 saturated heterocycles. The third-order valence-corrected chi connectivity index (χ3v) is 8.04. The third kappa shape index (κ3) is 7.83. The van der Waals surface area contributed by atoms with E-state index < -0.39 is 46.4 Å². The van der Waals surface area contributed by atoms with Crippen molar-refractivity contribution in [2.24, 2.45) is 0 Å². The zero-order chi connectivity index (χ0) is 29.8. The second kappa shape index (κ2) is 12.7. The quantitative estimate of drug-likeness (QED) is 0.396. The summed E-state index contributed by atoms with van der Waals surface area (Å²) >= 11 is 13.7. The van der Waals surface area contributed by atoms with Crippen LogP contribution in [0.25, 0.3) is 0 Å². The van der Waals surface area contributed by atoms with E-state index in [1.54, 1.807) is 63.2 Å². The van der Waals surface area contributed by atoms with Crippen molar-refractivity contribution in [1.29, 1.82) is 0 Å². The van der Waals surface area contributed by atoms with Crippen LogP contribution in [0, 0.1) is 0 Å². The number of hydrogen-bond acceptors (Lipinski definition) is 7. The lowest BCUT2D eigenvalue weighted by Crippen LogP contribution is -2.56. The summed E-state index contributed by atoms with van der Waals surface area (Å²) in [5.41, 5.74) is 0.620. The van der Waals surface area contributed by atoms with Crippen LogP contribution in [-0.4, -0.2) is 64.2 Å². The first-order valence-electron chi connectivity index (χ1n) is 12.5. The van der Waals surface area contributed by atoms with Crippen molar-refractivity contribution >= 4 is 64.5 Å². The number of esters is 1. The van der Waals surface area contributed by atoms with E-state index in [0.717, 1.165) is 0 Å². The molecule has 2 aromatic rings. The van der Waals surface area contributed by atoms with Crippen molar-refractivity contribution in [1.82, 2.24) is 10.2 Å². The Morgan fingerprint density at radius 3 is 2.23 bits per heavy atom. The van der Waals surface area contributed by atoms with Gasteiger partial charge in [0.1, 0.15) is 17.7 Å². The molecule has 3 rings (SSSR count). The van der Waals surface area contributed by atoms with Gasteiger partial charge in [-0.3, -0.25) is 14.5 Å². The van der Waals surface area contributed by atoms with E-state index in [-0.39, 0.29) is 22.0 Å². The van der Waals surface area contributed by atoms with Crippen molar-refractivity contribution in [3.63, 3.8) is 0 Å². The fraction of sp³-hybridized carbons (Fsp3) is 0.429. The highest BCUT2D eigenvalue weighted by molar-refractivity contribution is 8.00. The molecule has 0 bridgehead atoms. The molecule has 2 N–H and O–H groups in total. The van der Waals surface area contributed by atoms with Crippen molar-refractivity contribution in [3.8, 4) is 0 Å². The maximum absolute atomic E-state index is 13.3. The Kier molecular flexibility index (Phi) is 10.0. The zero-order valence-corrected chi connectivity index (χ0v) is 25.5. The Morgan fingerprint density at radius 1 is 1.07 bits per heavy atom. The Bertz CT molecular complexity index is 1260. The lowest BCUT2D eigenvalue weighted by atomic mass is 10.0. The smallest absolute Gasteiger partial charge is 0.412 e. The van der Waals surface area contributed by atoms with Gasteiger partial charge in [-0.2, -0.15) is 0 Å². The summed E-state index contributed by atoms with van der Waals surface area (Å²) in [5, 5.41) is 5.95. The number of hydrogen-bond donors (Lipinski definition) is 2. The summed E-state index contributed by atoms with van der Waals surface area (Å²) in [5.74, 6) is -1.24. The molecule has 0 unspecified atom stereocenters. The number of anilines is 1. The van der Waals surface area contributed by atoms with Crippen molar-refractivity contribution in [2.75, 3.05) is 18.2 Å². The molecule has 0 aromatic heterocycles. The predicted octanol–water partition coefficient (Wildman–Crippen LogP) is 5.53. The number of nitrogens with one attached hydrogen (secondary N) is 2. The number of carbonyl (C=O) groups is 4. The Labute approximate surface area is 248 Å². The van der Waals surface area contributed by atoms with Crippen LogP contribution in [0.15, 0.2) is 42.5 Å². The topological polar surface area (TPSA) is 114 Å². The molecule has 12 heteroatoms. The maximum atomic E-state index is 13.3. The first kappa shape index (κ1) is 31.6. The summed E-state index contributed by atoms with van der Waals surface area (Å²) in [6.45, 7) is 8.95. The second-order valence-corrected chi connectivity index (χ2v) is 13.1. The molecule has 1 aliphatic heterocycles. The van der Waals surface area contributed by atoms with Gasteiger partial charge in [-0.05, 0) is 64.4 Å². The molecule has 216 valence electrons. The molecule has 1 heterocycles. The molecule has 0 aliphatic carbocycles. The average molecular weight is 611 g/mol. The van der Waals surface area contributed by atoms with Crippen LogP contribution in [0.1, 0.15) is 50.5 Å². The lowest BCUT2D eigenvalue weighted by Gasteiger charge is -2.35. The monoisotopic (exact) mass is 609 g/mol. The fourth-order valence-electron chi connectivity index (χ4n) is 4.13. The molecule has 9 nitrogen and oxygen atoms in total. The summed E-state index contributed by atoms with van der Waals surface area (Å²) < 4.78 is 10.5. The van der Waals surface area contributed by atoms with E-state index in [2.05, 4.69) is 10.6 Å². The molecule has 2 atom stereocenters. The van der Waals surface area contributed by atoms with E-state index in [9.17, 15) is 19.2 Å². The first-order chi connectivity index (χ1) is 18.6. The minimum Gasteiger partial charge on any atom is -0.467 e. The Morgan fingerprint density at radius 2 is 1.68 bits per heavy atom. The summed E-state index contributed by atoms with van der Waals surface area (Å²) in [6, 6.07) is 9.71. The molecular formula is C28H33Cl2N3O6S. The van der Waals surface area contributed by atoms with Gasteiger partial charge in [0.15, 0.2) is 0 Å². The molecule has 0 radical (unpaired) electrons. The van der Waals surface area contributed by atoms with Gasteiger partial charge in [0, 0.05) is 17.9 Å². The number of carbonyl (C=O) groups excluding carboxylic acids is 4. The zero-order valence-electron chi connectivity index (χ0n) is 23.2. The predicted molar refractivity (Wildman–Crippen MR) is 157 cm³/mol. The molecule has 1 fully saturated rings. The van der Waals surface area contributed by atoms with Crippen LogP contribution in [0.5, 0.6) is 0 Å². The highest BCUT2D eigenvalue weighted by Crippen LogP contribution is 2.40. The minimum absolute atomic E-state index is 0.124. The van der Waals surface area contributed by atoms with E-state index in [1.165, 1.54) is 23.8 Å². The van der Waals surface area contributed by atoms with Gasteiger partial charge >= 0.3 is 12.1 Å². The van der Waals surface area contributed by atoms with Crippen molar-refractivity contribution < 1.29 is 28.7 Å². The molecule has 1 aliphatic rings. The van der Waals surface area contributed by atoms with Gasteiger partial charge < -0.3 is 20.1 Å². The van der Waals surface area contributed by atoms with Crippen molar-refractivity contribution in [2.45, 2.75) is 63.6 Å². The number of rotatable bonds is 7. The van der Waals surface area contributed by atoms with E-state index in [4.69, 9.17) is 32.7 Å². The number of amides is 3. The maximum Gasteiger partial charge on any atom is 0.412 e. The number of ether oxygens (including phenoxy) is 2. The largest absolute Gasteiger partial charge is 0.467 e. The van der Waals surface area contributed by atoms with Gasteiger partial charge in [-0.1, -0.05) is 41.4 Å². The van der Waals surface area contributed by atoms with Crippen LogP contribution in [0.2, 0.25) is 10.0 Å². The number of halogens is 2. The number of methoxy groups -OCH3 is 1. The molecule has 0 spiro atoms. The second-order valence-electron chi connectivity index (χ2n) is 10.7. The van der Waals surface area contributed by atoms with Crippen LogP contribution in [-0.2, 0) is 25.5 Å². The third-order valence-electron chi connectivity index (χ3n) is 6.02. The van der Waals surface area contributed by atoms with Crippen LogP contribution < -0.4 is 10.6 Å².